The van der Waals surface area contributed by atoms with Crippen LogP contribution in [0.25, 0.3) is 0 Å². The fourth-order valence-corrected chi connectivity index (χ4v) is 1.97. The highest BCUT2D eigenvalue weighted by Gasteiger charge is 2.02. The molecule has 2 aromatic carbocycles. The molecule has 18 heavy (non-hydrogen) atoms. The Kier molecular flexibility index (Phi) is 3.75. The summed E-state index contributed by atoms with van der Waals surface area (Å²) in [5.74, 6) is 0. The van der Waals surface area contributed by atoms with Crippen LogP contribution in [0.3, 0.4) is 0 Å². The molecule has 2 rings (SSSR count). The summed E-state index contributed by atoms with van der Waals surface area (Å²) in [6.45, 7) is 0. The molecule has 0 aliphatic rings. The minimum Gasteiger partial charge on any atom is -0.398 e. The normalized spacial score (nSPS) is 9.83. The Bertz CT molecular complexity index is 635. The Labute approximate surface area is 118 Å². The van der Waals surface area contributed by atoms with Crippen molar-refractivity contribution in [3.63, 3.8) is 0 Å². The predicted molar refractivity (Wildman–Crippen MR) is 78.0 cm³/mol. The van der Waals surface area contributed by atoms with Gasteiger partial charge in [0.05, 0.1) is 10.6 Å². The molecule has 0 aliphatic carbocycles. The zero-order chi connectivity index (χ0) is 13.1. The molecule has 90 valence electrons. The summed E-state index contributed by atoms with van der Waals surface area (Å²) in [6, 6.07) is 12.8. The average Bonchev–Trinajstić information content (AvgIpc) is 2.36. The molecule has 0 saturated carbocycles. The zero-order valence-corrected chi connectivity index (χ0v) is 11.6. The molecule has 0 aromatic heterocycles. The van der Waals surface area contributed by atoms with Gasteiger partial charge in [-0.05, 0) is 52.3 Å². The number of nitrogen functional groups attached to an aromatic ring is 1. The standard InChI is InChI=1S/C13H9BrClN3/c14-11-6-10(1-3-12(11)15)18-9-2-4-13(17)8(5-9)7-16/h1-6,18H,17H2. The summed E-state index contributed by atoms with van der Waals surface area (Å²) in [6.07, 6.45) is 0. The number of hydrogen-bond acceptors (Lipinski definition) is 3. The van der Waals surface area contributed by atoms with Gasteiger partial charge in [-0.2, -0.15) is 5.26 Å². The van der Waals surface area contributed by atoms with Crippen LogP contribution in [0.5, 0.6) is 0 Å². The molecule has 0 saturated heterocycles. The SMILES string of the molecule is N#Cc1cc(Nc2ccc(Cl)c(Br)c2)ccc1N. The Hall–Kier alpha value is -1.70. The number of benzene rings is 2. The minimum absolute atomic E-state index is 0.452. The molecule has 2 aromatic rings. The number of anilines is 3. The van der Waals surface area contributed by atoms with Crippen LogP contribution in [0, 0.1) is 11.3 Å². The van der Waals surface area contributed by atoms with E-state index in [1.165, 1.54) is 0 Å². The lowest BCUT2D eigenvalue weighted by Gasteiger charge is -2.08. The molecule has 3 N–H and O–H groups in total. The molecule has 0 aliphatic heterocycles. The Balaban J connectivity index is 2.29. The van der Waals surface area contributed by atoms with Gasteiger partial charge < -0.3 is 11.1 Å². The number of rotatable bonds is 2. The van der Waals surface area contributed by atoms with Gasteiger partial charge in [0.15, 0.2) is 0 Å². The van der Waals surface area contributed by atoms with Gasteiger partial charge in [-0.3, -0.25) is 0 Å². The molecule has 0 heterocycles. The Morgan fingerprint density at radius 1 is 1.17 bits per heavy atom. The smallest absolute Gasteiger partial charge is 0.101 e. The van der Waals surface area contributed by atoms with Gasteiger partial charge in [0.2, 0.25) is 0 Å². The third-order valence-electron chi connectivity index (χ3n) is 2.38. The van der Waals surface area contributed by atoms with Gasteiger partial charge in [-0.1, -0.05) is 11.6 Å². The number of halogens is 2. The molecule has 0 atom stereocenters. The molecule has 0 bridgehead atoms. The molecule has 0 radical (unpaired) electrons. The highest BCUT2D eigenvalue weighted by atomic mass is 79.9. The lowest BCUT2D eigenvalue weighted by molar-refractivity contribution is 1.47. The number of nitrogens with zero attached hydrogens (tertiary/aromatic N) is 1. The van der Waals surface area contributed by atoms with Crippen molar-refractivity contribution >= 4 is 44.6 Å². The minimum atomic E-state index is 0.452. The van der Waals surface area contributed by atoms with Gasteiger partial charge >= 0.3 is 0 Å². The second kappa shape index (κ2) is 5.30. The summed E-state index contributed by atoms with van der Waals surface area (Å²) in [5.41, 5.74) is 8.26. The summed E-state index contributed by atoms with van der Waals surface area (Å²) in [4.78, 5) is 0. The molecule has 0 unspecified atom stereocenters. The Morgan fingerprint density at radius 2 is 1.83 bits per heavy atom. The van der Waals surface area contributed by atoms with E-state index in [2.05, 4.69) is 21.2 Å². The van der Waals surface area contributed by atoms with E-state index >= 15 is 0 Å². The first-order chi connectivity index (χ1) is 8.60. The first-order valence-corrected chi connectivity index (χ1v) is 6.29. The second-order valence-corrected chi connectivity index (χ2v) is 4.93. The van der Waals surface area contributed by atoms with Crippen LogP contribution in [0.4, 0.5) is 17.1 Å². The fourth-order valence-electron chi connectivity index (χ4n) is 1.47. The lowest BCUT2D eigenvalue weighted by atomic mass is 10.1. The van der Waals surface area contributed by atoms with Gasteiger partial charge in [0.25, 0.3) is 0 Å². The van der Waals surface area contributed by atoms with Crippen LogP contribution in [-0.2, 0) is 0 Å². The van der Waals surface area contributed by atoms with E-state index in [4.69, 9.17) is 22.6 Å². The summed E-state index contributed by atoms with van der Waals surface area (Å²) < 4.78 is 0.810. The van der Waals surface area contributed by atoms with E-state index in [1.807, 2.05) is 24.3 Å². The lowest BCUT2D eigenvalue weighted by Crippen LogP contribution is -1.94. The molecular formula is C13H9BrClN3. The van der Waals surface area contributed by atoms with Crippen LogP contribution < -0.4 is 11.1 Å². The van der Waals surface area contributed by atoms with Crippen LogP contribution in [0.15, 0.2) is 40.9 Å². The van der Waals surface area contributed by atoms with Gasteiger partial charge in [0, 0.05) is 21.5 Å². The van der Waals surface area contributed by atoms with Gasteiger partial charge in [0.1, 0.15) is 6.07 Å². The highest BCUT2D eigenvalue weighted by molar-refractivity contribution is 9.10. The molecule has 5 heteroatoms. The van der Waals surface area contributed by atoms with Crippen molar-refractivity contribution < 1.29 is 0 Å². The molecule has 0 amide bonds. The maximum Gasteiger partial charge on any atom is 0.101 e. The maximum absolute atomic E-state index is 8.91. The molecular weight excluding hydrogens is 314 g/mol. The maximum atomic E-state index is 8.91. The largest absolute Gasteiger partial charge is 0.398 e. The third-order valence-corrected chi connectivity index (χ3v) is 3.60. The summed E-state index contributed by atoms with van der Waals surface area (Å²) in [7, 11) is 0. The van der Waals surface area contributed by atoms with Crippen LogP contribution in [-0.4, -0.2) is 0 Å². The van der Waals surface area contributed by atoms with Crippen molar-refractivity contribution in [2.75, 3.05) is 11.1 Å². The van der Waals surface area contributed by atoms with Crippen molar-refractivity contribution in [2.24, 2.45) is 0 Å². The summed E-state index contributed by atoms with van der Waals surface area (Å²) in [5, 5.41) is 12.7. The first-order valence-electron chi connectivity index (χ1n) is 5.12. The van der Waals surface area contributed by atoms with E-state index in [9.17, 15) is 0 Å². The zero-order valence-electron chi connectivity index (χ0n) is 9.24. The van der Waals surface area contributed by atoms with Crippen molar-refractivity contribution in [1.29, 1.82) is 5.26 Å². The van der Waals surface area contributed by atoms with Crippen LogP contribution in [0.1, 0.15) is 5.56 Å². The van der Waals surface area contributed by atoms with E-state index < -0.39 is 0 Å². The number of hydrogen-bond donors (Lipinski definition) is 2. The van der Waals surface area contributed by atoms with Crippen LogP contribution >= 0.6 is 27.5 Å². The topological polar surface area (TPSA) is 61.8 Å². The average molecular weight is 323 g/mol. The second-order valence-electron chi connectivity index (χ2n) is 3.67. The van der Waals surface area contributed by atoms with Crippen molar-refractivity contribution in [3.8, 4) is 6.07 Å². The van der Waals surface area contributed by atoms with Gasteiger partial charge in [-0.15, -0.1) is 0 Å². The first kappa shape index (κ1) is 12.7. The quantitative estimate of drug-likeness (QED) is 0.810. The number of nitrogens with one attached hydrogen (secondary N) is 1. The van der Waals surface area contributed by atoms with Crippen molar-refractivity contribution in [1.82, 2.24) is 0 Å². The monoisotopic (exact) mass is 321 g/mol. The van der Waals surface area contributed by atoms with E-state index in [0.29, 0.717) is 16.3 Å². The Morgan fingerprint density at radius 3 is 2.50 bits per heavy atom. The van der Waals surface area contributed by atoms with E-state index in [1.54, 1.807) is 18.2 Å². The number of nitriles is 1. The highest BCUT2D eigenvalue weighted by Crippen LogP contribution is 2.28. The van der Waals surface area contributed by atoms with Gasteiger partial charge in [-0.25, -0.2) is 0 Å². The molecule has 3 nitrogen and oxygen atoms in total. The van der Waals surface area contributed by atoms with E-state index in [-0.39, 0.29) is 0 Å². The van der Waals surface area contributed by atoms with Crippen molar-refractivity contribution in [2.45, 2.75) is 0 Å². The van der Waals surface area contributed by atoms with Crippen molar-refractivity contribution in [3.05, 3.63) is 51.5 Å². The fraction of sp³-hybridized carbons (Fsp3) is 0. The van der Waals surface area contributed by atoms with Crippen LogP contribution in [0.2, 0.25) is 5.02 Å². The molecule has 0 spiro atoms. The summed E-state index contributed by atoms with van der Waals surface area (Å²) >= 11 is 9.27. The third kappa shape index (κ3) is 2.76. The predicted octanol–water partition coefficient (Wildman–Crippen LogP) is 4.30. The number of nitrogens with two attached hydrogens (primary N) is 1. The molecule has 0 fully saturated rings. The van der Waals surface area contributed by atoms with E-state index in [0.717, 1.165) is 15.8 Å².